The van der Waals surface area contributed by atoms with Crippen LogP contribution in [0.3, 0.4) is 0 Å². The first-order valence-corrected chi connectivity index (χ1v) is 13.8. The summed E-state index contributed by atoms with van der Waals surface area (Å²) in [6, 6.07) is 6.20. The molecule has 2 heterocycles. The largest absolute Gasteiger partial charge is 0.435 e. The van der Waals surface area contributed by atoms with Crippen molar-refractivity contribution in [1.82, 2.24) is 15.2 Å². The van der Waals surface area contributed by atoms with Crippen molar-refractivity contribution < 1.29 is 44.5 Å². The zero-order chi connectivity index (χ0) is 30.5. The third kappa shape index (κ3) is 5.69. The Labute approximate surface area is 229 Å². The Bertz CT molecular complexity index is 1610. The van der Waals surface area contributed by atoms with Crippen molar-refractivity contribution in [2.75, 3.05) is 11.6 Å². The lowest BCUT2D eigenvalue weighted by Gasteiger charge is -2.42. The molecule has 1 amide bonds. The number of rotatable bonds is 6. The van der Waals surface area contributed by atoms with Gasteiger partial charge in [0.2, 0.25) is 0 Å². The normalized spacial score (nSPS) is 16.4. The molecule has 8 nitrogen and oxygen atoms in total. The molecule has 1 aromatic carbocycles. The lowest BCUT2D eigenvalue weighted by molar-refractivity contribution is -0.214. The quantitative estimate of drug-likeness (QED) is 0.238. The molecule has 3 aromatic rings. The molecule has 16 heteroatoms. The van der Waals surface area contributed by atoms with Gasteiger partial charge in [-0.1, -0.05) is 12.5 Å². The molecular weight excluding hydrogens is 583 g/mol. The summed E-state index contributed by atoms with van der Waals surface area (Å²) in [7, 11) is -3.21. The number of carbonyl (C=O) groups is 1. The van der Waals surface area contributed by atoms with Crippen LogP contribution in [0.2, 0.25) is 0 Å². The van der Waals surface area contributed by atoms with Gasteiger partial charge in [0.05, 0.1) is 15.4 Å². The number of nitrogens with zero attached hydrogens (tertiary/aromatic N) is 3. The van der Waals surface area contributed by atoms with E-state index in [-0.39, 0.29) is 35.4 Å². The Morgan fingerprint density at radius 2 is 1.76 bits per heavy atom. The number of ether oxygens (including phenoxy) is 1. The van der Waals surface area contributed by atoms with E-state index in [0.717, 1.165) is 19.2 Å². The van der Waals surface area contributed by atoms with Gasteiger partial charge in [-0.05, 0) is 62.1 Å². The fourth-order valence-corrected chi connectivity index (χ4v) is 5.11. The number of hydrogen-bond donors (Lipinski definition) is 2. The predicted molar refractivity (Wildman–Crippen MR) is 132 cm³/mol. The summed E-state index contributed by atoms with van der Waals surface area (Å²) in [4.78, 5) is 16.7. The SMILES string of the molecule is Cc1cc(C2(C(F)(F)F)CCC2)nc(F)c1Oc1nnc(C(F)(F)F)c(C)c1C(=O)Nc1cccc(S(C)(=N)=O)c1. The van der Waals surface area contributed by atoms with Gasteiger partial charge in [-0.2, -0.15) is 30.7 Å². The number of aryl methyl sites for hydroxylation is 1. The fraction of sp³-hybridized carbons (Fsp3) is 0.360. The molecule has 41 heavy (non-hydrogen) atoms. The highest BCUT2D eigenvalue weighted by Crippen LogP contribution is 2.54. The lowest BCUT2D eigenvalue weighted by Crippen LogP contribution is -2.48. The van der Waals surface area contributed by atoms with Crippen LogP contribution in [0.4, 0.5) is 36.4 Å². The van der Waals surface area contributed by atoms with E-state index in [2.05, 4.69) is 20.5 Å². The standard InChI is InChI=1S/C25H22F7N5O3S/c1-12-10-16(23(8-5-9-23)25(30,31)32)35-20(26)18(12)40-22-17(13(2)19(36-37-22)24(27,28)29)21(38)34-14-6-4-7-15(11-14)41(3,33)39/h4,6-7,10-11,33H,5,8-9H2,1-3H3,(H,34,38). The highest BCUT2D eigenvalue weighted by atomic mass is 32.2. The molecule has 0 spiro atoms. The van der Waals surface area contributed by atoms with Crippen molar-refractivity contribution in [3.63, 3.8) is 0 Å². The van der Waals surface area contributed by atoms with Gasteiger partial charge in [0.25, 0.3) is 17.7 Å². The van der Waals surface area contributed by atoms with Crippen molar-refractivity contribution >= 4 is 21.3 Å². The molecule has 1 unspecified atom stereocenters. The predicted octanol–water partition coefficient (Wildman–Crippen LogP) is 6.71. The van der Waals surface area contributed by atoms with E-state index < -0.39 is 73.5 Å². The Morgan fingerprint density at radius 1 is 1.10 bits per heavy atom. The second-order valence-corrected chi connectivity index (χ2v) is 11.8. The van der Waals surface area contributed by atoms with Crippen LogP contribution in [0.25, 0.3) is 0 Å². The number of carbonyl (C=O) groups excluding carboxylic acids is 1. The van der Waals surface area contributed by atoms with Crippen molar-refractivity contribution in [3.05, 3.63) is 64.4 Å². The summed E-state index contributed by atoms with van der Waals surface area (Å²) < 4.78 is 122. The maximum Gasteiger partial charge on any atom is 0.435 e. The van der Waals surface area contributed by atoms with Crippen LogP contribution in [0.15, 0.2) is 35.2 Å². The van der Waals surface area contributed by atoms with Crippen molar-refractivity contribution in [2.24, 2.45) is 0 Å². The van der Waals surface area contributed by atoms with E-state index in [1.165, 1.54) is 31.2 Å². The molecule has 1 atom stereocenters. The highest BCUT2D eigenvalue weighted by Gasteiger charge is 2.60. The first-order chi connectivity index (χ1) is 18.8. The monoisotopic (exact) mass is 605 g/mol. The highest BCUT2D eigenvalue weighted by molar-refractivity contribution is 7.91. The van der Waals surface area contributed by atoms with Crippen molar-refractivity contribution in [2.45, 2.75) is 55.8 Å². The van der Waals surface area contributed by atoms with Crippen LogP contribution in [0.5, 0.6) is 11.6 Å². The number of halogens is 7. The Balaban J connectivity index is 1.78. The van der Waals surface area contributed by atoms with Gasteiger partial charge < -0.3 is 10.1 Å². The molecule has 4 rings (SSSR count). The number of nitrogens with one attached hydrogen (secondary N) is 2. The molecule has 0 bridgehead atoms. The number of anilines is 1. The van der Waals surface area contributed by atoms with Gasteiger partial charge in [-0.15, -0.1) is 10.2 Å². The molecule has 2 aromatic heterocycles. The van der Waals surface area contributed by atoms with Crippen LogP contribution < -0.4 is 10.1 Å². The van der Waals surface area contributed by atoms with Gasteiger partial charge in [0, 0.05) is 16.8 Å². The average molecular weight is 606 g/mol. The van der Waals surface area contributed by atoms with Gasteiger partial charge in [-0.25, -0.2) is 14.0 Å². The third-order valence-corrected chi connectivity index (χ3v) is 7.93. The van der Waals surface area contributed by atoms with E-state index >= 15 is 4.39 Å². The minimum Gasteiger partial charge on any atom is -0.432 e. The maximum absolute atomic E-state index is 15.1. The summed E-state index contributed by atoms with van der Waals surface area (Å²) in [5, 5.41) is 8.73. The topological polar surface area (TPSA) is 118 Å². The van der Waals surface area contributed by atoms with E-state index in [9.17, 15) is 35.3 Å². The summed E-state index contributed by atoms with van der Waals surface area (Å²) in [5.74, 6) is -4.30. The smallest absolute Gasteiger partial charge is 0.432 e. The van der Waals surface area contributed by atoms with Gasteiger partial charge in [0.15, 0.2) is 11.4 Å². The van der Waals surface area contributed by atoms with Crippen LogP contribution in [0, 0.1) is 24.6 Å². The first-order valence-electron chi connectivity index (χ1n) is 11.9. The van der Waals surface area contributed by atoms with E-state index in [4.69, 9.17) is 9.52 Å². The lowest BCUT2D eigenvalue weighted by atomic mass is 9.65. The molecule has 2 N–H and O–H groups in total. The summed E-state index contributed by atoms with van der Waals surface area (Å²) in [6.07, 6.45) is -8.91. The fourth-order valence-electron chi connectivity index (χ4n) is 4.42. The number of pyridine rings is 1. The summed E-state index contributed by atoms with van der Waals surface area (Å²) in [5.41, 5.74) is -6.16. The molecule has 0 saturated heterocycles. The molecular formula is C25H22F7N5O3S. The zero-order valence-corrected chi connectivity index (χ0v) is 22.4. The first kappa shape index (κ1) is 30.1. The number of amides is 1. The molecule has 0 aliphatic heterocycles. The maximum atomic E-state index is 15.1. The van der Waals surface area contributed by atoms with Crippen LogP contribution in [-0.4, -0.2) is 37.7 Å². The number of aromatic nitrogens is 3. The second kappa shape index (κ2) is 10.2. The third-order valence-electron chi connectivity index (χ3n) is 6.78. The minimum atomic E-state index is -5.04. The molecule has 220 valence electrons. The zero-order valence-electron chi connectivity index (χ0n) is 21.6. The number of alkyl halides is 6. The summed E-state index contributed by atoms with van der Waals surface area (Å²) in [6.45, 7) is 2.12. The van der Waals surface area contributed by atoms with E-state index in [0.29, 0.717) is 0 Å². The Morgan fingerprint density at radius 3 is 2.27 bits per heavy atom. The van der Waals surface area contributed by atoms with Gasteiger partial charge in [-0.3, -0.25) is 4.79 Å². The van der Waals surface area contributed by atoms with Crippen LogP contribution >= 0.6 is 0 Å². The minimum absolute atomic E-state index is 0.0271. The molecule has 1 aliphatic carbocycles. The average Bonchev–Trinajstić information content (AvgIpc) is 2.78. The Hall–Kier alpha value is -3.82. The van der Waals surface area contributed by atoms with E-state index in [1.807, 2.05) is 0 Å². The number of benzene rings is 1. The molecule has 1 aliphatic rings. The van der Waals surface area contributed by atoms with Crippen LogP contribution in [-0.2, 0) is 21.3 Å². The molecule has 1 fully saturated rings. The van der Waals surface area contributed by atoms with Crippen molar-refractivity contribution in [3.8, 4) is 11.6 Å². The van der Waals surface area contributed by atoms with E-state index in [1.54, 1.807) is 0 Å². The molecule has 0 radical (unpaired) electrons. The molecule has 1 saturated carbocycles. The Kier molecular flexibility index (Phi) is 7.52. The van der Waals surface area contributed by atoms with Gasteiger partial charge in [0.1, 0.15) is 11.0 Å². The number of hydrogen-bond acceptors (Lipinski definition) is 7. The van der Waals surface area contributed by atoms with Gasteiger partial charge >= 0.3 is 12.4 Å². The van der Waals surface area contributed by atoms with Crippen molar-refractivity contribution in [1.29, 1.82) is 4.78 Å². The van der Waals surface area contributed by atoms with Crippen LogP contribution in [0.1, 0.15) is 52.1 Å². The second-order valence-electron chi connectivity index (χ2n) is 9.66. The summed E-state index contributed by atoms with van der Waals surface area (Å²) >= 11 is 0.